The lowest BCUT2D eigenvalue weighted by atomic mass is 10.0. The van der Waals surface area contributed by atoms with E-state index in [1.807, 2.05) is 19.9 Å². The fraction of sp³-hybridized carbons (Fsp3) is 0.267. The Morgan fingerprint density at radius 1 is 1.05 bits per heavy atom. The van der Waals surface area contributed by atoms with Crippen molar-refractivity contribution in [1.82, 2.24) is 4.98 Å². The van der Waals surface area contributed by atoms with Crippen molar-refractivity contribution < 1.29 is 18.3 Å². The smallest absolute Gasteiger partial charge is 0.382 e. The topological polar surface area (TPSA) is 33.1 Å². The summed E-state index contributed by atoms with van der Waals surface area (Å²) in [5.74, 6) is 0. The van der Waals surface area contributed by atoms with E-state index in [0.29, 0.717) is 5.56 Å². The molecule has 0 spiro atoms. The molecule has 1 aromatic heterocycles. The summed E-state index contributed by atoms with van der Waals surface area (Å²) in [6.45, 7) is 3.78. The number of benzene rings is 1. The summed E-state index contributed by atoms with van der Waals surface area (Å²) in [5, 5.41) is 10.2. The molecule has 0 aliphatic rings. The molecule has 1 aromatic carbocycles. The number of nitrogens with zero attached hydrogens (tertiary/aromatic N) is 1. The van der Waals surface area contributed by atoms with Crippen molar-refractivity contribution in [3.05, 3.63) is 64.5 Å². The van der Waals surface area contributed by atoms with Crippen LogP contribution in [0.2, 0.25) is 0 Å². The van der Waals surface area contributed by atoms with E-state index in [0.717, 1.165) is 23.4 Å². The molecule has 2 rings (SSSR count). The van der Waals surface area contributed by atoms with Crippen LogP contribution in [0.3, 0.4) is 0 Å². The average Bonchev–Trinajstić information content (AvgIpc) is 2.36. The van der Waals surface area contributed by atoms with Gasteiger partial charge in [0.05, 0.1) is 11.3 Å². The number of aliphatic hydroxyl groups excluding tert-OH is 1. The minimum absolute atomic E-state index is 0.197. The lowest BCUT2D eigenvalue weighted by molar-refractivity contribution is -0.137. The Morgan fingerprint density at radius 2 is 1.65 bits per heavy atom. The molecule has 0 aliphatic carbocycles. The second-order valence-corrected chi connectivity index (χ2v) is 4.79. The van der Waals surface area contributed by atoms with Crippen LogP contribution >= 0.6 is 0 Å². The Labute approximate surface area is 114 Å². The van der Waals surface area contributed by atoms with Crippen molar-refractivity contribution >= 4 is 0 Å². The Kier molecular flexibility index (Phi) is 3.81. The van der Waals surface area contributed by atoms with Crippen molar-refractivity contribution in [3.63, 3.8) is 0 Å². The van der Waals surface area contributed by atoms with Crippen LogP contribution in [0.5, 0.6) is 0 Å². The van der Waals surface area contributed by atoms with Crippen LogP contribution in [0.1, 0.15) is 34.1 Å². The molecular formula is C15H14F3NO. The average molecular weight is 281 g/mol. The molecule has 0 bridgehead atoms. The first-order valence-electron chi connectivity index (χ1n) is 6.07. The molecule has 2 nitrogen and oxygen atoms in total. The summed E-state index contributed by atoms with van der Waals surface area (Å²) in [5.41, 5.74) is 1.95. The lowest BCUT2D eigenvalue weighted by Gasteiger charge is -2.13. The van der Waals surface area contributed by atoms with Crippen LogP contribution in [-0.4, -0.2) is 10.1 Å². The number of alkyl halides is 3. The Hall–Kier alpha value is -1.88. The molecular weight excluding hydrogens is 267 g/mol. The highest BCUT2D eigenvalue weighted by atomic mass is 19.4. The molecule has 0 amide bonds. The number of rotatable bonds is 2. The SMILES string of the molecule is Cc1cc(C)cc(C(O)c2ccc(C(F)(F)F)cn2)c1. The zero-order valence-corrected chi connectivity index (χ0v) is 11.1. The predicted octanol–water partition coefficient (Wildman–Crippen LogP) is 3.80. The maximum absolute atomic E-state index is 12.4. The highest BCUT2D eigenvalue weighted by molar-refractivity contribution is 5.34. The summed E-state index contributed by atoms with van der Waals surface area (Å²) in [6, 6.07) is 7.66. The van der Waals surface area contributed by atoms with E-state index in [9.17, 15) is 18.3 Å². The summed E-state index contributed by atoms with van der Waals surface area (Å²) in [6.07, 6.45) is -4.71. The normalized spacial score (nSPS) is 13.3. The minimum atomic E-state index is -4.42. The van der Waals surface area contributed by atoms with Crippen LogP contribution in [0.15, 0.2) is 36.5 Å². The maximum Gasteiger partial charge on any atom is 0.417 e. The van der Waals surface area contributed by atoms with Crippen LogP contribution < -0.4 is 0 Å². The molecule has 0 radical (unpaired) electrons. The standard InChI is InChI=1S/C15H14F3NO/c1-9-5-10(2)7-11(6-9)14(20)13-4-3-12(8-19-13)15(16,17)18/h3-8,14,20H,1-2H3. The van der Waals surface area contributed by atoms with Crippen molar-refractivity contribution in [1.29, 1.82) is 0 Å². The van der Waals surface area contributed by atoms with E-state index in [1.54, 1.807) is 12.1 Å². The molecule has 0 saturated carbocycles. The maximum atomic E-state index is 12.4. The highest BCUT2D eigenvalue weighted by Crippen LogP contribution is 2.30. The second-order valence-electron chi connectivity index (χ2n) is 4.79. The van der Waals surface area contributed by atoms with Crippen molar-refractivity contribution in [2.75, 3.05) is 0 Å². The number of hydrogen-bond acceptors (Lipinski definition) is 2. The number of halogens is 3. The number of aryl methyl sites for hydroxylation is 2. The van der Waals surface area contributed by atoms with E-state index in [2.05, 4.69) is 4.98 Å². The molecule has 1 N–H and O–H groups in total. The Bertz CT molecular complexity index is 585. The van der Waals surface area contributed by atoms with Crippen molar-refractivity contribution in [2.24, 2.45) is 0 Å². The second kappa shape index (κ2) is 5.25. The molecule has 5 heteroatoms. The monoisotopic (exact) mass is 281 g/mol. The molecule has 0 aliphatic heterocycles. The summed E-state index contributed by atoms with van der Waals surface area (Å²) < 4.78 is 37.3. The van der Waals surface area contributed by atoms with Gasteiger partial charge in [-0.3, -0.25) is 4.98 Å². The third-order valence-corrected chi connectivity index (χ3v) is 2.95. The van der Waals surface area contributed by atoms with E-state index in [1.165, 1.54) is 6.07 Å². The van der Waals surface area contributed by atoms with Crippen molar-refractivity contribution in [2.45, 2.75) is 26.1 Å². The van der Waals surface area contributed by atoms with Crippen molar-refractivity contribution in [3.8, 4) is 0 Å². The predicted molar refractivity (Wildman–Crippen MR) is 69.2 cm³/mol. The van der Waals surface area contributed by atoms with Gasteiger partial charge in [0.25, 0.3) is 0 Å². The van der Waals surface area contributed by atoms with Gasteiger partial charge in [0.1, 0.15) is 6.10 Å². The first kappa shape index (κ1) is 14.5. The Balaban J connectivity index is 2.31. The van der Waals surface area contributed by atoms with Crippen LogP contribution in [0.4, 0.5) is 13.2 Å². The van der Waals surface area contributed by atoms with Gasteiger partial charge < -0.3 is 5.11 Å². The third-order valence-electron chi connectivity index (χ3n) is 2.95. The van der Waals surface area contributed by atoms with Gasteiger partial charge in [0.2, 0.25) is 0 Å². The van der Waals surface area contributed by atoms with Crippen LogP contribution in [0, 0.1) is 13.8 Å². The van der Waals surface area contributed by atoms with Crippen LogP contribution in [-0.2, 0) is 6.18 Å². The number of pyridine rings is 1. The summed E-state index contributed by atoms with van der Waals surface area (Å²) in [7, 11) is 0. The minimum Gasteiger partial charge on any atom is -0.382 e. The molecule has 106 valence electrons. The number of hydrogen-bond donors (Lipinski definition) is 1. The van der Waals surface area contributed by atoms with E-state index >= 15 is 0 Å². The van der Waals surface area contributed by atoms with Gasteiger partial charge in [0, 0.05) is 6.20 Å². The number of aromatic nitrogens is 1. The zero-order valence-electron chi connectivity index (χ0n) is 11.1. The first-order valence-corrected chi connectivity index (χ1v) is 6.07. The molecule has 0 fully saturated rings. The molecule has 1 unspecified atom stereocenters. The quantitative estimate of drug-likeness (QED) is 0.908. The van der Waals surface area contributed by atoms with Gasteiger partial charge in [-0.2, -0.15) is 13.2 Å². The molecule has 1 atom stereocenters. The first-order chi connectivity index (χ1) is 9.27. The highest BCUT2D eigenvalue weighted by Gasteiger charge is 2.31. The summed E-state index contributed by atoms with van der Waals surface area (Å²) >= 11 is 0. The van der Waals surface area contributed by atoms with E-state index in [4.69, 9.17) is 0 Å². The van der Waals surface area contributed by atoms with E-state index < -0.39 is 17.8 Å². The van der Waals surface area contributed by atoms with Gasteiger partial charge in [-0.15, -0.1) is 0 Å². The van der Waals surface area contributed by atoms with Gasteiger partial charge in [-0.05, 0) is 31.5 Å². The van der Waals surface area contributed by atoms with Gasteiger partial charge >= 0.3 is 6.18 Å². The van der Waals surface area contributed by atoms with E-state index in [-0.39, 0.29) is 5.69 Å². The van der Waals surface area contributed by atoms with Crippen LogP contribution in [0.25, 0.3) is 0 Å². The molecule has 0 saturated heterocycles. The van der Waals surface area contributed by atoms with Gasteiger partial charge in [-0.1, -0.05) is 29.3 Å². The molecule has 20 heavy (non-hydrogen) atoms. The summed E-state index contributed by atoms with van der Waals surface area (Å²) in [4.78, 5) is 3.71. The van der Waals surface area contributed by atoms with Gasteiger partial charge in [-0.25, -0.2) is 0 Å². The molecule has 1 heterocycles. The largest absolute Gasteiger partial charge is 0.417 e. The Morgan fingerprint density at radius 3 is 2.10 bits per heavy atom. The number of aliphatic hydroxyl groups is 1. The third kappa shape index (κ3) is 3.17. The molecule has 2 aromatic rings. The van der Waals surface area contributed by atoms with Gasteiger partial charge in [0.15, 0.2) is 0 Å². The fourth-order valence-electron chi connectivity index (χ4n) is 2.07. The lowest BCUT2D eigenvalue weighted by Crippen LogP contribution is -2.08. The zero-order chi connectivity index (χ0) is 14.9. The fourth-order valence-corrected chi connectivity index (χ4v) is 2.07.